The second-order valence-corrected chi connectivity index (χ2v) is 2.80. The largest absolute Gasteiger partial charge is 0.411 e. The van der Waals surface area contributed by atoms with Crippen LogP contribution in [0.3, 0.4) is 0 Å². The van der Waals surface area contributed by atoms with Crippen molar-refractivity contribution in [1.82, 2.24) is 0 Å². The number of hydrogen-bond acceptors (Lipinski definition) is 2. The summed E-state index contributed by atoms with van der Waals surface area (Å²) in [5.74, 6) is 0. The zero-order chi connectivity index (χ0) is 6.78. The molecule has 0 amide bonds. The van der Waals surface area contributed by atoms with E-state index in [9.17, 15) is 0 Å². The molecule has 2 nitrogen and oxygen atoms in total. The molecule has 1 radical (unpaired) electrons. The molecule has 0 fully saturated rings. The van der Waals surface area contributed by atoms with Crippen LogP contribution in [0.1, 0.15) is 20.8 Å². The van der Waals surface area contributed by atoms with Crippen LogP contribution in [0, 0.1) is 12.3 Å². The third kappa shape index (κ3) is 1.96. The van der Waals surface area contributed by atoms with Gasteiger partial charge in [0.1, 0.15) is 0 Å². The quantitative estimate of drug-likeness (QED) is 0.290. The molecule has 0 aromatic carbocycles. The van der Waals surface area contributed by atoms with E-state index in [0.717, 1.165) is 0 Å². The summed E-state index contributed by atoms with van der Waals surface area (Å²) < 4.78 is 0. The van der Waals surface area contributed by atoms with Gasteiger partial charge in [0.25, 0.3) is 0 Å². The van der Waals surface area contributed by atoms with Gasteiger partial charge in [-0.15, -0.1) is 0 Å². The van der Waals surface area contributed by atoms with E-state index < -0.39 is 0 Å². The van der Waals surface area contributed by atoms with Gasteiger partial charge in [-0.05, 0) is 6.92 Å². The fourth-order valence-corrected chi connectivity index (χ4v) is 0.150. The second kappa shape index (κ2) is 2.16. The summed E-state index contributed by atoms with van der Waals surface area (Å²) >= 11 is 0. The maximum absolute atomic E-state index is 8.20. The zero-order valence-corrected chi connectivity index (χ0v) is 5.60. The SMILES string of the molecule is [CH2]C(=NO)C(C)(C)C. The first kappa shape index (κ1) is 7.47. The molecule has 0 aromatic rings. The number of oxime groups is 1. The molecule has 0 bridgehead atoms. The molecule has 0 aliphatic rings. The van der Waals surface area contributed by atoms with E-state index in [2.05, 4.69) is 12.1 Å². The molecule has 0 heterocycles. The topological polar surface area (TPSA) is 32.6 Å². The third-order valence-electron chi connectivity index (χ3n) is 0.986. The highest BCUT2D eigenvalue weighted by Gasteiger charge is 2.13. The Balaban J connectivity index is 4.03. The minimum atomic E-state index is -0.102. The Morgan fingerprint density at radius 3 is 1.88 bits per heavy atom. The van der Waals surface area contributed by atoms with Crippen molar-refractivity contribution in [3.63, 3.8) is 0 Å². The van der Waals surface area contributed by atoms with E-state index in [-0.39, 0.29) is 5.41 Å². The predicted octanol–water partition coefficient (Wildman–Crippen LogP) is 1.70. The van der Waals surface area contributed by atoms with Gasteiger partial charge in [0, 0.05) is 5.41 Å². The fraction of sp³-hybridized carbons (Fsp3) is 0.667. The molecule has 0 rings (SSSR count). The van der Waals surface area contributed by atoms with Crippen LogP contribution in [0.15, 0.2) is 5.16 Å². The zero-order valence-electron chi connectivity index (χ0n) is 5.60. The van der Waals surface area contributed by atoms with Crippen LogP contribution in [0.5, 0.6) is 0 Å². The maximum atomic E-state index is 8.20. The average molecular weight is 114 g/mol. The Bertz CT molecular complexity index is 99.6. The van der Waals surface area contributed by atoms with Gasteiger partial charge in [0.05, 0.1) is 5.71 Å². The maximum Gasteiger partial charge on any atom is 0.0627 e. The minimum absolute atomic E-state index is 0.102. The van der Waals surface area contributed by atoms with Crippen LogP contribution in [0.25, 0.3) is 0 Å². The van der Waals surface area contributed by atoms with Crippen LogP contribution in [-0.4, -0.2) is 10.9 Å². The van der Waals surface area contributed by atoms with Crippen molar-refractivity contribution in [1.29, 1.82) is 0 Å². The van der Waals surface area contributed by atoms with Gasteiger partial charge in [0.2, 0.25) is 0 Å². The summed E-state index contributed by atoms with van der Waals surface area (Å²) in [6.45, 7) is 9.35. The minimum Gasteiger partial charge on any atom is -0.411 e. The number of hydrogen-bond donors (Lipinski definition) is 1. The lowest BCUT2D eigenvalue weighted by molar-refractivity contribution is 0.312. The molecule has 0 aliphatic heterocycles. The van der Waals surface area contributed by atoms with Gasteiger partial charge in [0.15, 0.2) is 0 Å². The van der Waals surface area contributed by atoms with Crippen molar-refractivity contribution in [2.45, 2.75) is 20.8 Å². The normalized spacial score (nSPS) is 14.2. The Kier molecular flexibility index (Phi) is 2.02. The average Bonchev–Trinajstić information content (AvgIpc) is 1.62. The Hall–Kier alpha value is -0.530. The molecule has 0 spiro atoms. The fourth-order valence-electron chi connectivity index (χ4n) is 0.150. The van der Waals surface area contributed by atoms with E-state index in [1.54, 1.807) is 0 Å². The highest BCUT2D eigenvalue weighted by atomic mass is 16.4. The molecule has 0 unspecified atom stereocenters. The number of nitrogens with zero attached hydrogens (tertiary/aromatic N) is 1. The Morgan fingerprint density at radius 2 is 1.88 bits per heavy atom. The highest BCUT2D eigenvalue weighted by molar-refractivity contribution is 5.92. The van der Waals surface area contributed by atoms with Crippen LogP contribution < -0.4 is 0 Å². The van der Waals surface area contributed by atoms with Gasteiger partial charge in [-0.3, -0.25) is 0 Å². The first-order valence-electron chi connectivity index (χ1n) is 2.53. The third-order valence-corrected chi connectivity index (χ3v) is 0.986. The molecule has 2 heteroatoms. The smallest absolute Gasteiger partial charge is 0.0627 e. The summed E-state index contributed by atoms with van der Waals surface area (Å²) in [7, 11) is 0. The molecule has 0 aliphatic carbocycles. The molecular weight excluding hydrogens is 102 g/mol. The van der Waals surface area contributed by atoms with Crippen LogP contribution >= 0.6 is 0 Å². The summed E-state index contributed by atoms with van der Waals surface area (Å²) in [5, 5.41) is 11.2. The summed E-state index contributed by atoms with van der Waals surface area (Å²) in [6, 6.07) is 0. The molecule has 0 atom stereocenters. The molecule has 0 aromatic heterocycles. The van der Waals surface area contributed by atoms with Crippen LogP contribution in [-0.2, 0) is 0 Å². The van der Waals surface area contributed by atoms with Crippen molar-refractivity contribution in [3.8, 4) is 0 Å². The molecule has 0 saturated heterocycles. The van der Waals surface area contributed by atoms with E-state index in [1.807, 2.05) is 20.8 Å². The Morgan fingerprint density at radius 1 is 1.50 bits per heavy atom. The van der Waals surface area contributed by atoms with Crippen molar-refractivity contribution in [2.75, 3.05) is 0 Å². The first-order valence-corrected chi connectivity index (χ1v) is 2.53. The number of rotatable bonds is 0. The van der Waals surface area contributed by atoms with Crippen molar-refractivity contribution in [2.24, 2.45) is 10.6 Å². The predicted molar refractivity (Wildman–Crippen MR) is 34.0 cm³/mol. The van der Waals surface area contributed by atoms with Gasteiger partial charge < -0.3 is 5.21 Å². The van der Waals surface area contributed by atoms with Gasteiger partial charge in [-0.1, -0.05) is 25.9 Å². The van der Waals surface area contributed by atoms with Crippen molar-refractivity contribution < 1.29 is 5.21 Å². The molecular formula is C6H12NO. The lowest BCUT2D eigenvalue weighted by Gasteiger charge is -2.14. The monoisotopic (exact) mass is 114 g/mol. The van der Waals surface area contributed by atoms with E-state index in [0.29, 0.717) is 5.71 Å². The van der Waals surface area contributed by atoms with Gasteiger partial charge in [-0.25, -0.2) is 0 Å². The Labute approximate surface area is 50.2 Å². The summed E-state index contributed by atoms with van der Waals surface area (Å²) in [6.07, 6.45) is 0. The standard InChI is InChI=1S/C6H12NO/c1-5(7-8)6(2,3)4/h8H,1H2,2-4H3. The van der Waals surface area contributed by atoms with Crippen molar-refractivity contribution >= 4 is 5.71 Å². The van der Waals surface area contributed by atoms with Gasteiger partial charge in [-0.2, -0.15) is 0 Å². The first-order chi connectivity index (χ1) is 3.48. The molecule has 0 saturated carbocycles. The van der Waals surface area contributed by atoms with Crippen LogP contribution in [0.4, 0.5) is 0 Å². The van der Waals surface area contributed by atoms with E-state index >= 15 is 0 Å². The lowest BCUT2D eigenvalue weighted by Crippen LogP contribution is -2.16. The second-order valence-electron chi connectivity index (χ2n) is 2.80. The summed E-state index contributed by atoms with van der Waals surface area (Å²) in [5.41, 5.74) is 0.409. The summed E-state index contributed by atoms with van der Waals surface area (Å²) in [4.78, 5) is 0. The lowest BCUT2D eigenvalue weighted by atomic mass is 9.91. The molecule has 1 N–H and O–H groups in total. The van der Waals surface area contributed by atoms with Crippen molar-refractivity contribution in [3.05, 3.63) is 6.92 Å². The molecule has 47 valence electrons. The van der Waals surface area contributed by atoms with E-state index in [1.165, 1.54) is 0 Å². The van der Waals surface area contributed by atoms with E-state index in [4.69, 9.17) is 5.21 Å². The van der Waals surface area contributed by atoms with Gasteiger partial charge >= 0.3 is 0 Å². The highest BCUT2D eigenvalue weighted by Crippen LogP contribution is 2.14. The van der Waals surface area contributed by atoms with Crippen LogP contribution in [0.2, 0.25) is 0 Å². The molecule has 8 heavy (non-hydrogen) atoms.